The van der Waals surface area contributed by atoms with Crippen LogP contribution in [0.2, 0.25) is 0 Å². The Bertz CT molecular complexity index is 1120. The minimum Gasteiger partial charge on any atom is -0.508 e. The summed E-state index contributed by atoms with van der Waals surface area (Å²) in [7, 11) is 1.70. The van der Waals surface area contributed by atoms with E-state index in [1.54, 1.807) is 13.2 Å². The summed E-state index contributed by atoms with van der Waals surface area (Å²) in [5.41, 5.74) is 10.2. The molecule has 0 saturated carbocycles. The third-order valence-corrected chi connectivity index (χ3v) is 5.94. The van der Waals surface area contributed by atoms with Crippen LogP contribution in [0.4, 0.5) is 11.4 Å². The molecule has 158 valence electrons. The maximum absolute atomic E-state index is 10.1. The number of methoxy groups -OCH3 is 1. The van der Waals surface area contributed by atoms with Gasteiger partial charge in [0.05, 0.1) is 18.5 Å². The van der Waals surface area contributed by atoms with E-state index in [9.17, 15) is 5.11 Å². The van der Waals surface area contributed by atoms with Crippen molar-refractivity contribution < 1.29 is 9.84 Å². The number of H-pyrrole nitrogens is 1. The number of aromatic amines is 1. The summed E-state index contributed by atoms with van der Waals surface area (Å²) in [6, 6.07) is 9.48. The molecule has 8 heteroatoms. The van der Waals surface area contributed by atoms with Crippen molar-refractivity contribution in [2.75, 3.05) is 30.8 Å². The highest BCUT2D eigenvalue weighted by Crippen LogP contribution is 2.36. The number of hydrogen-bond donors (Lipinski definition) is 3. The second-order valence-electron chi connectivity index (χ2n) is 7.51. The Balaban J connectivity index is 1.85. The van der Waals surface area contributed by atoms with Crippen LogP contribution in [0.3, 0.4) is 0 Å². The molecule has 4 N–H and O–H groups in total. The zero-order valence-electron chi connectivity index (χ0n) is 17.3. The zero-order chi connectivity index (χ0) is 21.3. The normalized spacial score (nSPS) is 14.1. The number of hydrogen-bond acceptors (Lipinski definition) is 6. The lowest BCUT2D eigenvalue weighted by molar-refractivity contribution is 0.412. The van der Waals surface area contributed by atoms with Gasteiger partial charge >= 0.3 is 0 Å². The Morgan fingerprint density at radius 1 is 1.20 bits per heavy atom. The zero-order valence-corrected chi connectivity index (χ0v) is 18.1. The number of nitrogen functional groups attached to an aromatic ring is 1. The van der Waals surface area contributed by atoms with E-state index in [1.807, 2.05) is 29.7 Å². The number of nitrogens with one attached hydrogen (secondary N) is 1. The number of ether oxygens (including phenoxy) is 1. The van der Waals surface area contributed by atoms with E-state index in [-0.39, 0.29) is 5.75 Å². The molecule has 30 heavy (non-hydrogen) atoms. The first-order chi connectivity index (χ1) is 14.5. The topological polar surface area (TPSA) is 92.3 Å². The van der Waals surface area contributed by atoms with Crippen molar-refractivity contribution in [3.63, 3.8) is 0 Å². The fraction of sp³-hybridized carbons (Fsp3) is 0.364. The average Bonchev–Trinajstić information content (AvgIpc) is 3.15. The van der Waals surface area contributed by atoms with Crippen LogP contribution in [0.5, 0.6) is 11.5 Å². The minimum atomic E-state index is 0.191. The van der Waals surface area contributed by atoms with E-state index in [4.69, 9.17) is 22.7 Å². The Kier molecular flexibility index (Phi) is 5.67. The lowest BCUT2D eigenvalue weighted by atomic mass is 10.0. The largest absolute Gasteiger partial charge is 0.508 e. The molecule has 2 heterocycles. The van der Waals surface area contributed by atoms with Crippen molar-refractivity contribution in [1.29, 1.82) is 0 Å². The van der Waals surface area contributed by atoms with Crippen LogP contribution >= 0.6 is 12.2 Å². The van der Waals surface area contributed by atoms with E-state index >= 15 is 0 Å². The minimum absolute atomic E-state index is 0.191. The van der Waals surface area contributed by atoms with Gasteiger partial charge in [0.15, 0.2) is 10.6 Å². The molecule has 3 aromatic rings. The summed E-state index contributed by atoms with van der Waals surface area (Å²) in [5.74, 6) is 1.65. The molecule has 0 atom stereocenters. The number of benzene rings is 2. The highest BCUT2D eigenvalue weighted by molar-refractivity contribution is 7.71. The Morgan fingerprint density at radius 3 is 2.67 bits per heavy atom. The molecule has 4 rings (SSSR count). The van der Waals surface area contributed by atoms with E-state index in [0.29, 0.717) is 22.7 Å². The second kappa shape index (κ2) is 8.39. The first-order valence-corrected chi connectivity index (χ1v) is 10.7. The van der Waals surface area contributed by atoms with E-state index in [1.165, 1.54) is 19.3 Å². The summed E-state index contributed by atoms with van der Waals surface area (Å²) in [5, 5.41) is 17.5. The number of aromatic hydroxyl groups is 1. The third kappa shape index (κ3) is 3.63. The molecule has 1 saturated heterocycles. The molecule has 7 nitrogen and oxygen atoms in total. The quantitative estimate of drug-likeness (QED) is 0.413. The SMILES string of the molecule is CCc1cc(-c2n[nH]c(=S)n2-c2ccc(OC)c(N3CCCCC3)c2)c(N)cc1O. The van der Waals surface area contributed by atoms with Crippen LogP contribution < -0.4 is 15.4 Å². The van der Waals surface area contributed by atoms with Gasteiger partial charge in [-0.3, -0.25) is 9.67 Å². The van der Waals surface area contributed by atoms with Crippen LogP contribution in [0.15, 0.2) is 30.3 Å². The predicted molar refractivity (Wildman–Crippen MR) is 122 cm³/mol. The Hall–Kier alpha value is -3.00. The Morgan fingerprint density at radius 2 is 1.97 bits per heavy atom. The molecular formula is C22H27N5O2S. The van der Waals surface area contributed by atoms with Crippen LogP contribution in [0, 0.1) is 4.77 Å². The monoisotopic (exact) mass is 425 g/mol. The first-order valence-electron chi connectivity index (χ1n) is 10.3. The van der Waals surface area contributed by atoms with Gasteiger partial charge in [0.25, 0.3) is 0 Å². The van der Waals surface area contributed by atoms with E-state index in [0.717, 1.165) is 41.3 Å². The number of aryl methyl sites for hydroxylation is 1. The molecule has 0 bridgehead atoms. The van der Waals surface area contributed by atoms with Crippen molar-refractivity contribution in [3.8, 4) is 28.6 Å². The van der Waals surface area contributed by atoms with Crippen LogP contribution in [0.1, 0.15) is 31.7 Å². The van der Waals surface area contributed by atoms with Gasteiger partial charge in [-0.1, -0.05) is 6.92 Å². The highest BCUT2D eigenvalue weighted by Gasteiger charge is 2.20. The van der Waals surface area contributed by atoms with Gasteiger partial charge < -0.3 is 20.5 Å². The van der Waals surface area contributed by atoms with Gasteiger partial charge in [-0.15, -0.1) is 0 Å². The standard InChI is InChI=1S/C22H27N5O2S/c1-3-14-11-16(17(23)13-19(14)28)21-24-25-22(30)27(21)15-7-8-20(29-2)18(12-15)26-9-5-4-6-10-26/h7-8,11-13,28H,3-6,9-10,23H2,1-2H3,(H,25,30). The molecule has 0 radical (unpaired) electrons. The number of phenolic OH excluding ortho intramolecular Hbond substituents is 1. The molecule has 0 spiro atoms. The number of piperidine rings is 1. The van der Waals surface area contributed by atoms with Gasteiger partial charge in [-0.05, 0) is 67.7 Å². The van der Waals surface area contributed by atoms with Gasteiger partial charge in [-0.2, -0.15) is 5.10 Å². The van der Waals surface area contributed by atoms with E-state index < -0.39 is 0 Å². The summed E-state index contributed by atoms with van der Waals surface area (Å²) in [4.78, 5) is 2.36. The molecule has 0 aliphatic carbocycles. The fourth-order valence-electron chi connectivity index (χ4n) is 4.04. The number of nitrogens with two attached hydrogens (primary N) is 1. The maximum Gasteiger partial charge on any atom is 0.200 e. The molecular weight excluding hydrogens is 398 g/mol. The van der Waals surface area contributed by atoms with Crippen molar-refractivity contribution >= 4 is 23.6 Å². The van der Waals surface area contributed by atoms with Crippen LogP contribution in [0.25, 0.3) is 17.1 Å². The highest BCUT2D eigenvalue weighted by atomic mass is 32.1. The maximum atomic E-state index is 10.1. The summed E-state index contributed by atoms with van der Waals surface area (Å²) in [6.45, 7) is 4.00. The van der Waals surface area contributed by atoms with Crippen molar-refractivity contribution in [1.82, 2.24) is 14.8 Å². The Labute approximate surface area is 181 Å². The van der Waals surface area contributed by atoms with Gasteiger partial charge in [-0.25, -0.2) is 0 Å². The van der Waals surface area contributed by atoms with Gasteiger partial charge in [0.2, 0.25) is 0 Å². The molecule has 1 aliphatic rings. The number of phenols is 1. The summed E-state index contributed by atoms with van der Waals surface area (Å²) in [6.07, 6.45) is 4.29. The van der Waals surface area contributed by atoms with Crippen LogP contribution in [-0.2, 0) is 6.42 Å². The third-order valence-electron chi connectivity index (χ3n) is 5.66. The van der Waals surface area contributed by atoms with Gasteiger partial charge in [0.1, 0.15) is 11.5 Å². The first kappa shape index (κ1) is 20.3. The number of rotatable bonds is 5. The van der Waals surface area contributed by atoms with Crippen molar-refractivity contribution in [2.24, 2.45) is 0 Å². The molecule has 0 amide bonds. The van der Waals surface area contributed by atoms with E-state index in [2.05, 4.69) is 21.2 Å². The second-order valence-corrected chi connectivity index (χ2v) is 7.90. The number of aromatic nitrogens is 3. The fourth-order valence-corrected chi connectivity index (χ4v) is 4.28. The average molecular weight is 426 g/mol. The lowest BCUT2D eigenvalue weighted by Gasteiger charge is -2.30. The summed E-state index contributed by atoms with van der Waals surface area (Å²) >= 11 is 5.56. The smallest absolute Gasteiger partial charge is 0.200 e. The molecule has 1 aliphatic heterocycles. The molecule has 2 aromatic carbocycles. The van der Waals surface area contributed by atoms with Crippen molar-refractivity contribution in [2.45, 2.75) is 32.6 Å². The van der Waals surface area contributed by atoms with Gasteiger partial charge in [0, 0.05) is 30.4 Å². The summed E-state index contributed by atoms with van der Waals surface area (Å²) < 4.78 is 7.99. The molecule has 0 unspecified atom stereocenters. The van der Waals surface area contributed by atoms with Crippen molar-refractivity contribution in [3.05, 3.63) is 40.7 Å². The molecule has 1 fully saturated rings. The molecule has 1 aromatic heterocycles. The lowest BCUT2D eigenvalue weighted by Crippen LogP contribution is -2.29. The predicted octanol–water partition coefficient (Wildman–Crippen LogP) is 4.45. The van der Waals surface area contributed by atoms with Crippen LogP contribution in [-0.4, -0.2) is 40.1 Å². The number of anilines is 2. The number of nitrogens with zero attached hydrogens (tertiary/aromatic N) is 3.